The maximum Gasteiger partial charge on any atom is 0.0399 e. The van der Waals surface area contributed by atoms with Gasteiger partial charge in [-0.2, -0.15) is 0 Å². The zero-order chi connectivity index (χ0) is 14.0. The van der Waals surface area contributed by atoms with Crippen LogP contribution >= 0.6 is 11.8 Å². The second-order valence-corrected chi connectivity index (χ2v) is 7.18. The van der Waals surface area contributed by atoms with E-state index < -0.39 is 0 Å². The first-order valence-electron chi connectivity index (χ1n) is 6.88. The van der Waals surface area contributed by atoms with Gasteiger partial charge in [0.25, 0.3) is 0 Å². The third-order valence-electron chi connectivity index (χ3n) is 3.56. The van der Waals surface area contributed by atoms with Crippen LogP contribution in [0.4, 0.5) is 0 Å². The van der Waals surface area contributed by atoms with E-state index in [1.807, 2.05) is 11.8 Å². The van der Waals surface area contributed by atoms with Gasteiger partial charge < -0.3 is 0 Å². The van der Waals surface area contributed by atoms with Crippen molar-refractivity contribution in [2.24, 2.45) is 0 Å². The highest BCUT2D eigenvalue weighted by molar-refractivity contribution is 8.00. The summed E-state index contributed by atoms with van der Waals surface area (Å²) in [4.78, 5) is 1.31. The summed E-state index contributed by atoms with van der Waals surface area (Å²) >= 11 is 1.91. The molecule has 0 N–H and O–H groups in total. The van der Waals surface area contributed by atoms with Crippen molar-refractivity contribution in [2.45, 2.75) is 23.5 Å². The number of thioether (sulfide) groups is 1. The standard InChI is InChI=1S/C19H18S/c1-19(2,20-18-10-4-3-5-11-18)17-13-12-15-8-6-7-9-16(15)14-17/h3-14H,1-2H3. The van der Waals surface area contributed by atoms with Gasteiger partial charge in [-0.25, -0.2) is 0 Å². The molecular formula is C19H18S. The fourth-order valence-corrected chi connectivity index (χ4v) is 3.53. The van der Waals surface area contributed by atoms with Crippen molar-refractivity contribution in [1.82, 2.24) is 0 Å². The molecule has 0 spiro atoms. The van der Waals surface area contributed by atoms with Crippen LogP contribution < -0.4 is 0 Å². The molecule has 3 aromatic carbocycles. The lowest BCUT2D eigenvalue weighted by Gasteiger charge is -2.25. The summed E-state index contributed by atoms with van der Waals surface area (Å²) in [6.07, 6.45) is 0. The van der Waals surface area contributed by atoms with E-state index in [0.717, 1.165) is 0 Å². The van der Waals surface area contributed by atoms with Gasteiger partial charge >= 0.3 is 0 Å². The summed E-state index contributed by atoms with van der Waals surface area (Å²) in [6, 6.07) is 25.9. The van der Waals surface area contributed by atoms with Gasteiger partial charge in [-0.15, -0.1) is 11.8 Å². The van der Waals surface area contributed by atoms with Crippen LogP contribution in [0.5, 0.6) is 0 Å². The van der Waals surface area contributed by atoms with Crippen molar-refractivity contribution >= 4 is 22.5 Å². The quantitative estimate of drug-likeness (QED) is 0.540. The molecule has 3 aromatic rings. The topological polar surface area (TPSA) is 0 Å². The second kappa shape index (κ2) is 5.34. The molecule has 20 heavy (non-hydrogen) atoms. The van der Waals surface area contributed by atoms with Crippen molar-refractivity contribution in [3.63, 3.8) is 0 Å². The Morgan fingerprint density at radius 2 is 1.35 bits per heavy atom. The molecule has 0 aromatic heterocycles. The van der Waals surface area contributed by atoms with Gasteiger partial charge in [-0.1, -0.05) is 54.6 Å². The Labute approximate surface area is 124 Å². The van der Waals surface area contributed by atoms with E-state index in [9.17, 15) is 0 Å². The summed E-state index contributed by atoms with van der Waals surface area (Å²) in [7, 11) is 0. The molecule has 0 heterocycles. The van der Waals surface area contributed by atoms with Gasteiger partial charge in [0.2, 0.25) is 0 Å². The third kappa shape index (κ3) is 2.73. The fraction of sp³-hybridized carbons (Fsp3) is 0.158. The minimum atomic E-state index is 0.0609. The Morgan fingerprint density at radius 3 is 2.10 bits per heavy atom. The lowest BCUT2D eigenvalue weighted by atomic mass is 9.98. The Bertz CT molecular complexity index is 714. The molecular weight excluding hydrogens is 260 g/mol. The highest BCUT2D eigenvalue weighted by Gasteiger charge is 2.22. The number of hydrogen-bond donors (Lipinski definition) is 0. The molecule has 0 aliphatic rings. The predicted molar refractivity (Wildman–Crippen MR) is 89.3 cm³/mol. The molecule has 0 aliphatic carbocycles. The first-order chi connectivity index (χ1) is 9.65. The van der Waals surface area contributed by atoms with Gasteiger partial charge in [0.15, 0.2) is 0 Å². The lowest BCUT2D eigenvalue weighted by molar-refractivity contribution is 0.783. The first kappa shape index (κ1) is 13.3. The maximum atomic E-state index is 2.31. The van der Waals surface area contributed by atoms with Crippen LogP contribution in [0.25, 0.3) is 10.8 Å². The Balaban J connectivity index is 1.96. The van der Waals surface area contributed by atoms with Crippen LogP contribution in [0.1, 0.15) is 19.4 Å². The van der Waals surface area contributed by atoms with E-state index in [2.05, 4.69) is 86.6 Å². The molecule has 100 valence electrons. The highest BCUT2D eigenvalue weighted by Crippen LogP contribution is 2.41. The van der Waals surface area contributed by atoms with Gasteiger partial charge in [-0.05, 0) is 48.4 Å². The summed E-state index contributed by atoms with van der Waals surface area (Å²) in [6.45, 7) is 4.57. The van der Waals surface area contributed by atoms with Crippen molar-refractivity contribution in [1.29, 1.82) is 0 Å². The summed E-state index contributed by atoms with van der Waals surface area (Å²) in [5, 5.41) is 2.61. The SMILES string of the molecule is CC(C)(Sc1ccccc1)c1ccc2ccccc2c1. The lowest BCUT2D eigenvalue weighted by Crippen LogP contribution is -2.11. The van der Waals surface area contributed by atoms with Crippen molar-refractivity contribution in [2.75, 3.05) is 0 Å². The molecule has 0 nitrogen and oxygen atoms in total. The van der Waals surface area contributed by atoms with Crippen LogP contribution in [0.2, 0.25) is 0 Å². The largest absolute Gasteiger partial charge is 0.115 e. The first-order valence-corrected chi connectivity index (χ1v) is 7.70. The molecule has 0 amide bonds. The molecule has 0 saturated carbocycles. The Kier molecular flexibility index (Phi) is 3.54. The van der Waals surface area contributed by atoms with Crippen LogP contribution in [0.3, 0.4) is 0 Å². The van der Waals surface area contributed by atoms with Crippen molar-refractivity contribution in [3.05, 3.63) is 78.4 Å². The molecule has 0 radical (unpaired) electrons. The Morgan fingerprint density at radius 1 is 0.700 bits per heavy atom. The fourth-order valence-electron chi connectivity index (χ4n) is 2.41. The minimum absolute atomic E-state index is 0.0609. The van der Waals surface area contributed by atoms with E-state index in [1.54, 1.807) is 0 Å². The number of fused-ring (bicyclic) bond motifs is 1. The van der Waals surface area contributed by atoms with E-state index in [4.69, 9.17) is 0 Å². The molecule has 0 saturated heterocycles. The molecule has 0 bridgehead atoms. The average molecular weight is 278 g/mol. The highest BCUT2D eigenvalue weighted by atomic mass is 32.2. The third-order valence-corrected chi connectivity index (χ3v) is 4.81. The predicted octanol–water partition coefficient (Wildman–Crippen LogP) is 5.87. The maximum absolute atomic E-state index is 2.31. The summed E-state index contributed by atoms with van der Waals surface area (Å²) in [5.41, 5.74) is 1.37. The monoisotopic (exact) mass is 278 g/mol. The molecule has 0 atom stereocenters. The van der Waals surface area contributed by atoms with E-state index in [0.29, 0.717) is 0 Å². The number of benzene rings is 3. The van der Waals surface area contributed by atoms with Crippen molar-refractivity contribution in [3.8, 4) is 0 Å². The normalized spacial score (nSPS) is 11.7. The zero-order valence-corrected chi connectivity index (χ0v) is 12.7. The number of rotatable bonds is 3. The molecule has 3 rings (SSSR count). The van der Waals surface area contributed by atoms with Crippen LogP contribution in [-0.2, 0) is 4.75 Å². The number of hydrogen-bond acceptors (Lipinski definition) is 1. The summed E-state index contributed by atoms with van der Waals surface area (Å²) in [5.74, 6) is 0. The smallest absolute Gasteiger partial charge is 0.0399 e. The van der Waals surface area contributed by atoms with Crippen LogP contribution in [-0.4, -0.2) is 0 Å². The summed E-state index contributed by atoms with van der Waals surface area (Å²) < 4.78 is 0.0609. The average Bonchev–Trinajstić information content (AvgIpc) is 2.47. The molecule has 0 aliphatic heterocycles. The molecule has 1 heteroatoms. The second-order valence-electron chi connectivity index (χ2n) is 5.49. The Hall–Kier alpha value is -1.73. The zero-order valence-electron chi connectivity index (χ0n) is 11.8. The molecule has 0 fully saturated rings. The van der Waals surface area contributed by atoms with E-state index >= 15 is 0 Å². The van der Waals surface area contributed by atoms with Crippen LogP contribution in [0, 0.1) is 0 Å². The van der Waals surface area contributed by atoms with E-state index in [-0.39, 0.29) is 4.75 Å². The van der Waals surface area contributed by atoms with Gasteiger partial charge in [-0.3, -0.25) is 0 Å². The van der Waals surface area contributed by atoms with Gasteiger partial charge in [0, 0.05) is 9.64 Å². The van der Waals surface area contributed by atoms with Crippen LogP contribution in [0.15, 0.2) is 77.7 Å². The van der Waals surface area contributed by atoms with Crippen molar-refractivity contribution < 1.29 is 0 Å². The van der Waals surface area contributed by atoms with Gasteiger partial charge in [0.1, 0.15) is 0 Å². The molecule has 0 unspecified atom stereocenters. The van der Waals surface area contributed by atoms with E-state index in [1.165, 1.54) is 21.2 Å². The minimum Gasteiger partial charge on any atom is -0.115 e. The van der Waals surface area contributed by atoms with Gasteiger partial charge in [0.05, 0.1) is 0 Å².